The number of likely N-dealkylation sites (N-methyl/N-ethyl adjacent to an activating group) is 1. The molecule has 1 saturated heterocycles. The van der Waals surface area contributed by atoms with E-state index in [1.807, 2.05) is 27.7 Å². The third-order valence-electron chi connectivity index (χ3n) is 1.91. The van der Waals surface area contributed by atoms with Gasteiger partial charge in [-0.2, -0.15) is 0 Å². The van der Waals surface area contributed by atoms with E-state index in [-0.39, 0.29) is 11.7 Å². The van der Waals surface area contributed by atoms with E-state index < -0.39 is 5.60 Å². The minimum absolute atomic E-state index is 0.147. The second-order valence-electron chi connectivity index (χ2n) is 5.07. The van der Waals surface area contributed by atoms with E-state index in [2.05, 4.69) is 0 Å². The van der Waals surface area contributed by atoms with E-state index in [1.54, 1.807) is 11.9 Å². The first kappa shape index (κ1) is 11.3. The summed E-state index contributed by atoms with van der Waals surface area (Å²) in [4.78, 5) is 13.1. The van der Waals surface area contributed by atoms with Crippen molar-refractivity contribution in [2.45, 2.75) is 38.9 Å². The van der Waals surface area contributed by atoms with Gasteiger partial charge in [0, 0.05) is 7.05 Å². The van der Waals surface area contributed by atoms with Crippen LogP contribution in [0.25, 0.3) is 0 Å². The molecule has 1 unspecified atom stereocenters. The highest BCUT2D eigenvalue weighted by Gasteiger charge is 2.41. The second kappa shape index (κ2) is 3.42. The van der Waals surface area contributed by atoms with Gasteiger partial charge in [-0.05, 0) is 27.7 Å². The van der Waals surface area contributed by atoms with E-state index in [0.29, 0.717) is 6.54 Å². The van der Waals surface area contributed by atoms with Crippen LogP contribution in [0.3, 0.4) is 0 Å². The minimum atomic E-state index is -0.434. The molecule has 1 heterocycles. The molecule has 1 amide bonds. The Morgan fingerprint density at radius 2 is 2.07 bits per heavy atom. The van der Waals surface area contributed by atoms with Crippen LogP contribution < -0.4 is 0 Å². The zero-order chi connectivity index (χ0) is 11.0. The Balaban J connectivity index is 2.37. The maximum absolute atomic E-state index is 11.5. The number of epoxide rings is 1. The van der Waals surface area contributed by atoms with Crippen molar-refractivity contribution in [2.75, 3.05) is 20.2 Å². The molecule has 1 atom stereocenters. The monoisotopic (exact) mass is 201 g/mol. The summed E-state index contributed by atoms with van der Waals surface area (Å²) in [5.74, 6) is 0. The van der Waals surface area contributed by atoms with Crippen molar-refractivity contribution in [1.29, 1.82) is 0 Å². The van der Waals surface area contributed by atoms with E-state index in [0.717, 1.165) is 6.61 Å². The van der Waals surface area contributed by atoms with Crippen LogP contribution >= 0.6 is 0 Å². The van der Waals surface area contributed by atoms with Gasteiger partial charge in [0.25, 0.3) is 0 Å². The number of carbonyl (C=O) groups is 1. The molecule has 0 aromatic carbocycles. The maximum atomic E-state index is 11.5. The lowest BCUT2D eigenvalue weighted by Gasteiger charge is -2.25. The lowest BCUT2D eigenvalue weighted by atomic mass is 10.2. The highest BCUT2D eigenvalue weighted by Crippen LogP contribution is 2.26. The van der Waals surface area contributed by atoms with Crippen LogP contribution in [0.5, 0.6) is 0 Å². The zero-order valence-electron chi connectivity index (χ0n) is 9.59. The molecular weight excluding hydrogens is 182 g/mol. The Kier molecular flexibility index (Phi) is 2.76. The Bertz CT molecular complexity index is 228. The lowest BCUT2D eigenvalue weighted by molar-refractivity contribution is 0.0262. The van der Waals surface area contributed by atoms with Crippen molar-refractivity contribution in [3.8, 4) is 0 Å². The van der Waals surface area contributed by atoms with Gasteiger partial charge in [-0.1, -0.05) is 0 Å². The van der Waals surface area contributed by atoms with Gasteiger partial charge in [-0.15, -0.1) is 0 Å². The van der Waals surface area contributed by atoms with Gasteiger partial charge < -0.3 is 14.4 Å². The number of hydrogen-bond acceptors (Lipinski definition) is 3. The predicted molar refractivity (Wildman–Crippen MR) is 53.2 cm³/mol. The molecule has 14 heavy (non-hydrogen) atoms. The highest BCUT2D eigenvalue weighted by molar-refractivity contribution is 5.67. The summed E-state index contributed by atoms with van der Waals surface area (Å²) in [6, 6.07) is 0. The normalized spacial score (nSPS) is 25.8. The highest BCUT2D eigenvalue weighted by atomic mass is 16.6. The number of ether oxygens (including phenoxy) is 2. The van der Waals surface area contributed by atoms with Gasteiger partial charge in [-0.3, -0.25) is 0 Å². The molecule has 82 valence electrons. The van der Waals surface area contributed by atoms with Gasteiger partial charge in [0.05, 0.1) is 13.2 Å². The van der Waals surface area contributed by atoms with Crippen molar-refractivity contribution >= 4 is 6.09 Å². The van der Waals surface area contributed by atoms with Gasteiger partial charge in [0.15, 0.2) is 0 Å². The van der Waals surface area contributed by atoms with Crippen LogP contribution in [-0.2, 0) is 9.47 Å². The van der Waals surface area contributed by atoms with E-state index in [4.69, 9.17) is 9.47 Å². The van der Waals surface area contributed by atoms with Crippen molar-refractivity contribution < 1.29 is 14.3 Å². The zero-order valence-corrected chi connectivity index (χ0v) is 9.59. The number of rotatable bonds is 2. The quantitative estimate of drug-likeness (QED) is 0.638. The lowest BCUT2D eigenvalue weighted by Crippen LogP contribution is -2.38. The standard InChI is InChI=1S/C10H19NO3/c1-9(2,3)14-8(12)11(5)6-10(4)7-13-10/h6-7H2,1-5H3. The molecule has 0 radical (unpaired) electrons. The smallest absolute Gasteiger partial charge is 0.410 e. The molecule has 4 heteroatoms. The molecule has 1 aliphatic rings. The number of carbonyl (C=O) groups excluding carboxylic acids is 1. The molecule has 0 aromatic rings. The molecule has 0 bridgehead atoms. The largest absolute Gasteiger partial charge is 0.444 e. The van der Waals surface area contributed by atoms with Crippen LogP contribution in [0.4, 0.5) is 4.79 Å². The Hall–Kier alpha value is -0.770. The Morgan fingerprint density at radius 1 is 1.57 bits per heavy atom. The van der Waals surface area contributed by atoms with Gasteiger partial charge in [-0.25, -0.2) is 4.79 Å². The summed E-state index contributed by atoms with van der Waals surface area (Å²) < 4.78 is 10.4. The number of hydrogen-bond donors (Lipinski definition) is 0. The predicted octanol–water partition coefficient (Wildman–Crippen LogP) is 1.64. The fraction of sp³-hybridized carbons (Fsp3) is 0.900. The van der Waals surface area contributed by atoms with Crippen molar-refractivity contribution in [3.63, 3.8) is 0 Å². The van der Waals surface area contributed by atoms with Gasteiger partial charge in [0.2, 0.25) is 0 Å². The molecule has 0 saturated carbocycles. The molecule has 1 aliphatic heterocycles. The third-order valence-corrected chi connectivity index (χ3v) is 1.91. The van der Waals surface area contributed by atoms with Crippen LogP contribution in [0.1, 0.15) is 27.7 Å². The third kappa shape index (κ3) is 3.54. The molecule has 0 aliphatic carbocycles. The fourth-order valence-corrected chi connectivity index (χ4v) is 1.12. The first-order valence-corrected chi connectivity index (χ1v) is 4.80. The topological polar surface area (TPSA) is 42.1 Å². The average molecular weight is 201 g/mol. The van der Waals surface area contributed by atoms with Crippen LogP contribution in [0.15, 0.2) is 0 Å². The van der Waals surface area contributed by atoms with Crippen molar-refractivity contribution in [2.24, 2.45) is 0 Å². The Labute approximate surface area is 85.2 Å². The minimum Gasteiger partial charge on any atom is -0.444 e. The fourth-order valence-electron chi connectivity index (χ4n) is 1.12. The van der Waals surface area contributed by atoms with Crippen LogP contribution in [0.2, 0.25) is 0 Å². The van der Waals surface area contributed by atoms with Gasteiger partial charge >= 0.3 is 6.09 Å². The van der Waals surface area contributed by atoms with E-state index >= 15 is 0 Å². The molecule has 1 fully saturated rings. The molecule has 0 aromatic heterocycles. The number of amides is 1. The van der Waals surface area contributed by atoms with Crippen molar-refractivity contribution in [1.82, 2.24) is 4.90 Å². The number of nitrogens with zero attached hydrogens (tertiary/aromatic N) is 1. The molecule has 4 nitrogen and oxygen atoms in total. The molecule has 0 spiro atoms. The molecule has 0 N–H and O–H groups in total. The van der Waals surface area contributed by atoms with Gasteiger partial charge in [0.1, 0.15) is 11.2 Å². The summed E-state index contributed by atoms with van der Waals surface area (Å²) in [7, 11) is 1.72. The SMILES string of the molecule is CN(CC1(C)CO1)C(=O)OC(C)(C)C. The van der Waals surface area contributed by atoms with E-state index in [1.165, 1.54) is 0 Å². The molecular formula is C10H19NO3. The van der Waals surface area contributed by atoms with E-state index in [9.17, 15) is 4.79 Å². The maximum Gasteiger partial charge on any atom is 0.410 e. The van der Waals surface area contributed by atoms with Crippen LogP contribution in [-0.4, -0.2) is 42.4 Å². The second-order valence-corrected chi connectivity index (χ2v) is 5.07. The summed E-state index contributed by atoms with van der Waals surface area (Å²) >= 11 is 0. The summed E-state index contributed by atoms with van der Waals surface area (Å²) in [5, 5.41) is 0. The van der Waals surface area contributed by atoms with Crippen molar-refractivity contribution in [3.05, 3.63) is 0 Å². The Morgan fingerprint density at radius 3 is 2.43 bits per heavy atom. The summed E-state index contributed by atoms with van der Waals surface area (Å²) in [6.45, 7) is 8.85. The first-order valence-electron chi connectivity index (χ1n) is 4.80. The molecule has 1 rings (SSSR count). The van der Waals surface area contributed by atoms with Crippen LogP contribution in [0, 0.1) is 0 Å². The first-order chi connectivity index (χ1) is 6.22. The average Bonchev–Trinajstić information content (AvgIpc) is 2.63. The summed E-state index contributed by atoms with van der Waals surface area (Å²) in [6.07, 6.45) is -0.297. The summed E-state index contributed by atoms with van der Waals surface area (Å²) in [5.41, 5.74) is -0.581.